The summed E-state index contributed by atoms with van der Waals surface area (Å²) in [6.07, 6.45) is 7.09. The van der Waals surface area contributed by atoms with Crippen LogP contribution in [0.1, 0.15) is 24.1 Å². The topological polar surface area (TPSA) is 40.7 Å². The van der Waals surface area contributed by atoms with Gasteiger partial charge in [0, 0.05) is 11.7 Å². The van der Waals surface area contributed by atoms with Gasteiger partial charge in [-0.15, -0.1) is 0 Å². The van der Waals surface area contributed by atoms with Gasteiger partial charge in [0.2, 0.25) is 0 Å². The molecule has 3 nitrogen and oxygen atoms in total. The predicted molar refractivity (Wildman–Crippen MR) is 50.5 cm³/mol. The van der Waals surface area contributed by atoms with Crippen molar-refractivity contribution in [2.24, 2.45) is 5.92 Å². The molecule has 2 aliphatic rings. The van der Waals surface area contributed by atoms with Crippen LogP contribution in [-0.2, 0) is 12.8 Å². The lowest BCUT2D eigenvalue weighted by Gasteiger charge is -2.35. The molecule has 3 heteroatoms. The summed E-state index contributed by atoms with van der Waals surface area (Å²) < 4.78 is 0. The lowest BCUT2D eigenvalue weighted by atomic mass is 9.79. The van der Waals surface area contributed by atoms with E-state index in [4.69, 9.17) is 0 Å². The van der Waals surface area contributed by atoms with Crippen molar-refractivity contribution in [3.63, 3.8) is 0 Å². The van der Waals surface area contributed by atoms with E-state index in [1.165, 1.54) is 43.5 Å². The Morgan fingerprint density at radius 2 is 2.38 bits per heavy atom. The zero-order chi connectivity index (χ0) is 8.67. The lowest BCUT2D eigenvalue weighted by Crippen LogP contribution is -2.45. The molecule has 1 aliphatic heterocycles. The van der Waals surface area contributed by atoms with Gasteiger partial charge in [-0.3, -0.25) is 5.10 Å². The van der Waals surface area contributed by atoms with Crippen LogP contribution in [0.3, 0.4) is 0 Å². The molecule has 1 aromatic heterocycles. The summed E-state index contributed by atoms with van der Waals surface area (Å²) >= 11 is 0. The molecular weight excluding hydrogens is 162 g/mol. The van der Waals surface area contributed by atoms with E-state index in [9.17, 15) is 0 Å². The number of fused-ring (bicyclic) bond motifs is 2. The quantitative estimate of drug-likeness (QED) is 0.617. The number of H-pyrrole nitrogens is 1. The third-order valence-electron chi connectivity index (χ3n) is 3.44. The summed E-state index contributed by atoms with van der Waals surface area (Å²) in [5.74, 6) is 0.849. The molecule has 2 atom stereocenters. The molecule has 0 radical (unpaired) electrons. The maximum absolute atomic E-state index is 4.11. The highest BCUT2D eigenvalue weighted by molar-refractivity contribution is 5.22. The predicted octanol–water partition coefficient (Wildman–Crippen LogP) is 0.876. The van der Waals surface area contributed by atoms with Crippen molar-refractivity contribution in [2.45, 2.75) is 31.7 Å². The monoisotopic (exact) mass is 177 g/mol. The Morgan fingerprint density at radius 1 is 1.38 bits per heavy atom. The molecule has 0 spiro atoms. The number of nitrogens with one attached hydrogen (secondary N) is 2. The van der Waals surface area contributed by atoms with Crippen molar-refractivity contribution >= 4 is 0 Å². The molecule has 0 unspecified atom stereocenters. The fourth-order valence-corrected chi connectivity index (χ4v) is 2.69. The van der Waals surface area contributed by atoms with Crippen LogP contribution in [0.4, 0.5) is 0 Å². The summed E-state index contributed by atoms with van der Waals surface area (Å²) in [4.78, 5) is 0. The highest BCUT2D eigenvalue weighted by Crippen LogP contribution is 2.29. The van der Waals surface area contributed by atoms with Crippen molar-refractivity contribution < 1.29 is 0 Å². The van der Waals surface area contributed by atoms with Crippen LogP contribution in [-0.4, -0.2) is 22.8 Å². The van der Waals surface area contributed by atoms with Crippen LogP contribution >= 0.6 is 0 Å². The molecule has 1 fully saturated rings. The third-order valence-corrected chi connectivity index (χ3v) is 3.44. The van der Waals surface area contributed by atoms with Crippen molar-refractivity contribution in [1.82, 2.24) is 15.5 Å². The number of rotatable bonds is 0. The Hall–Kier alpha value is -0.830. The Bertz CT molecular complexity index is 276. The SMILES string of the molecule is c1n[nH]c2c1C[C@H]1NCCC[C@@H]1C2. The normalized spacial score (nSPS) is 32.3. The molecule has 1 aliphatic carbocycles. The Kier molecular flexibility index (Phi) is 1.65. The Morgan fingerprint density at radius 3 is 3.38 bits per heavy atom. The summed E-state index contributed by atoms with van der Waals surface area (Å²) in [7, 11) is 0. The minimum absolute atomic E-state index is 0.721. The first-order valence-corrected chi connectivity index (χ1v) is 5.18. The van der Waals surface area contributed by atoms with Crippen LogP contribution in [0.25, 0.3) is 0 Å². The van der Waals surface area contributed by atoms with E-state index in [1.807, 2.05) is 6.20 Å². The van der Waals surface area contributed by atoms with Gasteiger partial charge in [-0.1, -0.05) is 0 Å². The van der Waals surface area contributed by atoms with Gasteiger partial charge in [0.1, 0.15) is 0 Å². The van der Waals surface area contributed by atoms with Gasteiger partial charge in [-0.05, 0) is 43.7 Å². The van der Waals surface area contributed by atoms with E-state index in [0.29, 0.717) is 0 Å². The molecule has 0 saturated carbocycles. The van der Waals surface area contributed by atoms with Crippen molar-refractivity contribution in [1.29, 1.82) is 0 Å². The van der Waals surface area contributed by atoms with Gasteiger partial charge >= 0.3 is 0 Å². The average Bonchev–Trinajstić information content (AvgIpc) is 2.61. The number of aromatic nitrogens is 2. The molecule has 70 valence electrons. The zero-order valence-electron chi connectivity index (χ0n) is 7.71. The van der Waals surface area contributed by atoms with Gasteiger partial charge < -0.3 is 5.32 Å². The van der Waals surface area contributed by atoms with Gasteiger partial charge in [-0.2, -0.15) is 5.10 Å². The second-order valence-corrected chi connectivity index (χ2v) is 4.24. The fraction of sp³-hybridized carbons (Fsp3) is 0.700. The third kappa shape index (κ3) is 1.18. The van der Waals surface area contributed by atoms with E-state index in [0.717, 1.165) is 12.0 Å². The molecule has 1 saturated heterocycles. The van der Waals surface area contributed by atoms with Crippen molar-refractivity contribution in [2.75, 3.05) is 6.54 Å². The molecule has 3 rings (SSSR count). The van der Waals surface area contributed by atoms with Gasteiger partial charge in [-0.25, -0.2) is 0 Å². The highest BCUT2D eigenvalue weighted by atomic mass is 15.1. The first kappa shape index (κ1) is 7.56. The number of aromatic amines is 1. The Labute approximate surface area is 77.9 Å². The molecule has 0 amide bonds. The minimum atomic E-state index is 0.721. The van der Waals surface area contributed by atoms with Crippen molar-refractivity contribution in [3.05, 3.63) is 17.5 Å². The zero-order valence-corrected chi connectivity index (χ0v) is 7.71. The largest absolute Gasteiger partial charge is 0.313 e. The van der Waals surface area contributed by atoms with Crippen LogP contribution in [0, 0.1) is 5.92 Å². The first-order valence-electron chi connectivity index (χ1n) is 5.18. The van der Waals surface area contributed by atoms with Crippen LogP contribution in [0.5, 0.6) is 0 Å². The van der Waals surface area contributed by atoms with E-state index in [-0.39, 0.29) is 0 Å². The lowest BCUT2D eigenvalue weighted by molar-refractivity contribution is 0.262. The first-order chi connectivity index (χ1) is 6.43. The number of hydrogen-bond donors (Lipinski definition) is 2. The fourth-order valence-electron chi connectivity index (χ4n) is 2.69. The Balaban J connectivity index is 1.89. The van der Waals surface area contributed by atoms with E-state index in [2.05, 4.69) is 15.5 Å². The van der Waals surface area contributed by atoms with Crippen LogP contribution < -0.4 is 5.32 Å². The summed E-state index contributed by atoms with van der Waals surface area (Å²) in [6.45, 7) is 1.20. The average molecular weight is 177 g/mol. The molecule has 13 heavy (non-hydrogen) atoms. The second-order valence-electron chi connectivity index (χ2n) is 4.24. The minimum Gasteiger partial charge on any atom is -0.313 e. The molecule has 2 N–H and O–H groups in total. The number of piperidine rings is 1. The summed E-state index contributed by atoms with van der Waals surface area (Å²) in [5, 5.41) is 10.8. The number of nitrogens with zero attached hydrogens (tertiary/aromatic N) is 1. The molecule has 1 aromatic rings. The van der Waals surface area contributed by atoms with Crippen molar-refractivity contribution in [3.8, 4) is 0 Å². The van der Waals surface area contributed by atoms with E-state index >= 15 is 0 Å². The van der Waals surface area contributed by atoms with E-state index in [1.54, 1.807) is 0 Å². The standard InChI is InChI=1S/C10H15N3/c1-2-7-4-10-8(6-12-13-10)5-9(7)11-3-1/h6-7,9,11H,1-5H2,(H,12,13)/t7-,9-/m1/s1. The molecule has 2 heterocycles. The molecular formula is C10H15N3. The number of hydrogen-bond acceptors (Lipinski definition) is 2. The molecule has 0 bridgehead atoms. The highest BCUT2D eigenvalue weighted by Gasteiger charge is 2.30. The van der Waals surface area contributed by atoms with Crippen LogP contribution in [0.15, 0.2) is 6.20 Å². The molecule has 0 aromatic carbocycles. The van der Waals surface area contributed by atoms with Gasteiger partial charge in [0.15, 0.2) is 0 Å². The smallest absolute Gasteiger partial charge is 0.0522 e. The second kappa shape index (κ2) is 2.84. The van der Waals surface area contributed by atoms with Crippen LogP contribution in [0.2, 0.25) is 0 Å². The summed E-state index contributed by atoms with van der Waals surface area (Å²) in [5.41, 5.74) is 2.81. The van der Waals surface area contributed by atoms with Gasteiger partial charge in [0.25, 0.3) is 0 Å². The van der Waals surface area contributed by atoms with E-state index < -0.39 is 0 Å². The maximum atomic E-state index is 4.11. The summed E-state index contributed by atoms with van der Waals surface area (Å²) in [6, 6.07) is 0.721. The van der Waals surface area contributed by atoms with Gasteiger partial charge in [0.05, 0.1) is 6.20 Å². The maximum Gasteiger partial charge on any atom is 0.0522 e.